The van der Waals surface area contributed by atoms with Gasteiger partial charge in [-0.05, 0) is 12.8 Å². The van der Waals surface area contributed by atoms with Gasteiger partial charge in [-0.15, -0.1) is 0 Å². The molecule has 0 aromatic heterocycles. The third kappa shape index (κ3) is 1.70. The van der Waals surface area contributed by atoms with E-state index >= 15 is 0 Å². The van der Waals surface area contributed by atoms with E-state index in [0.29, 0.717) is 12.8 Å². The van der Waals surface area contributed by atoms with Crippen molar-refractivity contribution in [1.29, 1.82) is 0 Å². The summed E-state index contributed by atoms with van der Waals surface area (Å²) in [6.45, 7) is 5.43. The van der Waals surface area contributed by atoms with Gasteiger partial charge >= 0.3 is 0 Å². The minimum Gasteiger partial charge on any atom is -0.550 e. The standard InChI is InChI=1S/C7H14O2/c1-4-7(3,5-2)6(8)9/h4-5H2,1-3H3,(H,8,9)/p-1. The molecular formula is C7H13O2-. The predicted octanol–water partition coefficient (Wildman–Crippen LogP) is 0.563. The number of carbonyl (C=O) groups is 1. The summed E-state index contributed by atoms with van der Waals surface area (Å²) in [5, 5.41) is 10.4. The highest BCUT2D eigenvalue weighted by molar-refractivity contribution is 5.71. The van der Waals surface area contributed by atoms with Crippen LogP contribution in [0.15, 0.2) is 0 Å². The van der Waals surface area contributed by atoms with Crippen molar-refractivity contribution in [2.24, 2.45) is 5.41 Å². The maximum absolute atomic E-state index is 10.4. The zero-order chi connectivity index (χ0) is 7.49. The van der Waals surface area contributed by atoms with Crippen LogP contribution in [0.5, 0.6) is 0 Å². The molecule has 0 bridgehead atoms. The summed E-state index contributed by atoms with van der Waals surface area (Å²) >= 11 is 0. The molecule has 0 N–H and O–H groups in total. The van der Waals surface area contributed by atoms with Gasteiger partial charge in [-0.1, -0.05) is 20.8 Å². The van der Waals surface area contributed by atoms with Crippen LogP contribution in [0.3, 0.4) is 0 Å². The van der Waals surface area contributed by atoms with Crippen LogP contribution in [0.1, 0.15) is 33.6 Å². The van der Waals surface area contributed by atoms with Gasteiger partial charge in [0.1, 0.15) is 0 Å². The molecule has 0 atom stereocenters. The van der Waals surface area contributed by atoms with Crippen LogP contribution in [0.4, 0.5) is 0 Å². The van der Waals surface area contributed by atoms with Crippen LogP contribution in [0.2, 0.25) is 0 Å². The van der Waals surface area contributed by atoms with Crippen molar-refractivity contribution in [2.75, 3.05) is 0 Å². The smallest absolute Gasteiger partial charge is 0.0473 e. The summed E-state index contributed by atoms with van der Waals surface area (Å²) in [5.41, 5.74) is -0.611. The largest absolute Gasteiger partial charge is 0.550 e. The molecule has 0 aromatic carbocycles. The van der Waals surface area contributed by atoms with E-state index in [1.165, 1.54) is 0 Å². The van der Waals surface area contributed by atoms with Crippen molar-refractivity contribution in [3.63, 3.8) is 0 Å². The highest BCUT2D eigenvalue weighted by Crippen LogP contribution is 2.23. The molecule has 2 nitrogen and oxygen atoms in total. The molecule has 0 fully saturated rings. The normalized spacial score (nSPS) is 11.4. The van der Waals surface area contributed by atoms with Gasteiger partial charge in [0.25, 0.3) is 0 Å². The van der Waals surface area contributed by atoms with E-state index in [9.17, 15) is 9.90 Å². The van der Waals surface area contributed by atoms with Crippen LogP contribution in [0, 0.1) is 5.41 Å². The second-order valence-corrected chi connectivity index (χ2v) is 2.56. The lowest BCUT2D eigenvalue weighted by molar-refractivity contribution is -0.318. The Kier molecular flexibility index (Phi) is 2.68. The molecule has 0 radical (unpaired) electrons. The molecule has 0 amide bonds. The number of carboxylic acids is 1. The summed E-state index contributed by atoms with van der Waals surface area (Å²) in [6.07, 6.45) is 1.29. The van der Waals surface area contributed by atoms with Crippen molar-refractivity contribution in [1.82, 2.24) is 0 Å². The van der Waals surface area contributed by atoms with Gasteiger partial charge in [-0.2, -0.15) is 0 Å². The monoisotopic (exact) mass is 129 g/mol. The lowest BCUT2D eigenvalue weighted by atomic mass is 9.85. The first-order chi connectivity index (χ1) is 4.06. The van der Waals surface area contributed by atoms with E-state index in [-0.39, 0.29) is 0 Å². The molecule has 2 heteroatoms. The minimum absolute atomic E-state index is 0.611. The second-order valence-electron chi connectivity index (χ2n) is 2.56. The van der Waals surface area contributed by atoms with Crippen LogP contribution in [-0.2, 0) is 4.79 Å². The van der Waals surface area contributed by atoms with Gasteiger partial charge in [-0.3, -0.25) is 0 Å². The molecule has 0 aromatic rings. The molecule has 0 heterocycles. The Labute approximate surface area is 55.9 Å². The van der Waals surface area contributed by atoms with E-state index in [1.54, 1.807) is 6.92 Å². The molecule has 0 spiro atoms. The summed E-state index contributed by atoms with van der Waals surface area (Å²) in [4.78, 5) is 10.4. The summed E-state index contributed by atoms with van der Waals surface area (Å²) < 4.78 is 0. The zero-order valence-corrected chi connectivity index (χ0v) is 6.23. The lowest BCUT2D eigenvalue weighted by Gasteiger charge is -2.27. The van der Waals surface area contributed by atoms with Gasteiger partial charge in [0.2, 0.25) is 0 Å². The lowest BCUT2D eigenvalue weighted by Crippen LogP contribution is -2.39. The Bertz CT molecular complexity index is 103. The van der Waals surface area contributed by atoms with Crippen LogP contribution >= 0.6 is 0 Å². The number of carboxylic acid groups (broad SMARTS) is 1. The first kappa shape index (κ1) is 8.47. The van der Waals surface area contributed by atoms with Gasteiger partial charge in [0.15, 0.2) is 0 Å². The zero-order valence-electron chi connectivity index (χ0n) is 6.23. The molecule has 0 aliphatic heterocycles. The molecule has 0 rings (SSSR count). The summed E-state index contributed by atoms with van der Waals surface area (Å²) in [5.74, 6) is -0.937. The molecule has 0 aliphatic carbocycles. The molecule has 54 valence electrons. The van der Waals surface area contributed by atoms with Gasteiger partial charge in [0.05, 0.1) is 0 Å². The fourth-order valence-electron chi connectivity index (χ4n) is 0.539. The molecule has 0 saturated heterocycles. The second kappa shape index (κ2) is 2.85. The quantitative estimate of drug-likeness (QED) is 0.558. The third-order valence-corrected chi connectivity index (χ3v) is 2.05. The first-order valence-corrected chi connectivity index (χ1v) is 3.28. The van der Waals surface area contributed by atoms with E-state index in [2.05, 4.69) is 0 Å². The highest BCUT2D eigenvalue weighted by Gasteiger charge is 2.20. The molecule has 0 unspecified atom stereocenters. The Morgan fingerprint density at radius 2 is 1.78 bits per heavy atom. The average Bonchev–Trinajstić information content (AvgIpc) is 1.86. The maximum Gasteiger partial charge on any atom is 0.0473 e. The number of rotatable bonds is 3. The van der Waals surface area contributed by atoms with Crippen molar-refractivity contribution >= 4 is 5.97 Å². The fraction of sp³-hybridized carbons (Fsp3) is 0.857. The van der Waals surface area contributed by atoms with Crippen molar-refractivity contribution in [2.45, 2.75) is 33.6 Å². The number of aliphatic carboxylic acids is 1. The number of hydrogen-bond acceptors (Lipinski definition) is 2. The first-order valence-electron chi connectivity index (χ1n) is 3.28. The van der Waals surface area contributed by atoms with Crippen LogP contribution < -0.4 is 5.11 Å². The minimum atomic E-state index is -0.937. The van der Waals surface area contributed by atoms with Crippen LogP contribution in [0.25, 0.3) is 0 Å². The van der Waals surface area contributed by atoms with Crippen molar-refractivity contribution < 1.29 is 9.90 Å². The van der Waals surface area contributed by atoms with Crippen LogP contribution in [-0.4, -0.2) is 5.97 Å². The molecule has 0 saturated carbocycles. The van der Waals surface area contributed by atoms with E-state index in [4.69, 9.17) is 0 Å². The van der Waals surface area contributed by atoms with E-state index < -0.39 is 11.4 Å². The van der Waals surface area contributed by atoms with Gasteiger partial charge in [0, 0.05) is 11.4 Å². The highest BCUT2D eigenvalue weighted by atomic mass is 16.4. The molecular weight excluding hydrogens is 116 g/mol. The molecule has 9 heavy (non-hydrogen) atoms. The Morgan fingerprint density at radius 3 is 1.78 bits per heavy atom. The fourth-order valence-corrected chi connectivity index (χ4v) is 0.539. The van der Waals surface area contributed by atoms with E-state index in [0.717, 1.165) is 0 Å². The van der Waals surface area contributed by atoms with Gasteiger partial charge < -0.3 is 9.90 Å². The Balaban J connectivity index is 4.09. The van der Waals surface area contributed by atoms with E-state index in [1.807, 2.05) is 13.8 Å². The molecule has 0 aliphatic rings. The Hall–Kier alpha value is -0.530. The summed E-state index contributed by atoms with van der Waals surface area (Å²) in [6, 6.07) is 0. The number of carbonyl (C=O) groups excluding carboxylic acids is 1. The SMILES string of the molecule is CCC(C)(CC)C(=O)[O-]. The third-order valence-electron chi connectivity index (χ3n) is 2.05. The summed E-state index contributed by atoms with van der Waals surface area (Å²) in [7, 11) is 0. The Morgan fingerprint density at radius 1 is 1.44 bits per heavy atom. The predicted molar refractivity (Wildman–Crippen MR) is 33.7 cm³/mol. The van der Waals surface area contributed by atoms with Crippen molar-refractivity contribution in [3.8, 4) is 0 Å². The maximum atomic E-state index is 10.4. The average molecular weight is 129 g/mol. The topological polar surface area (TPSA) is 40.1 Å². The number of hydrogen-bond donors (Lipinski definition) is 0. The van der Waals surface area contributed by atoms with Gasteiger partial charge in [-0.25, -0.2) is 0 Å². The van der Waals surface area contributed by atoms with Crippen molar-refractivity contribution in [3.05, 3.63) is 0 Å².